The third-order valence-corrected chi connectivity index (χ3v) is 2.63. The van der Waals surface area contributed by atoms with E-state index in [4.69, 9.17) is 0 Å². The molecule has 1 amide bonds. The molecular formula is C10H13NOS. The van der Waals surface area contributed by atoms with Crippen LogP contribution in [0.5, 0.6) is 0 Å². The van der Waals surface area contributed by atoms with Gasteiger partial charge in [0, 0.05) is 12.8 Å². The van der Waals surface area contributed by atoms with E-state index < -0.39 is 0 Å². The van der Waals surface area contributed by atoms with E-state index in [2.05, 4.69) is 17.4 Å². The fraction of sp³-hybridized carbons (Fsp3) is 0.300. The summed E-state index contributed by atoms with van der Waals surface area (Å²) in [5.74, 6) is 1.51. The maximum atomic E-state index is 10.9. The Hall–Kier alpha value is -0.960. The molecular weight excluding hydrogens is 182 g/mol. The highest BCUT2D eigenvalue weighted by Gasteiger charge is 1.97. The van der Waals surface area contributed by atoms with Crippen LogP contribution in [-0.2, 0) is 10.5 Å². The molecule has 0 aliphatic rings. The number of hydrogen-bond donors (Lipinski definition) is 1. The van der Waals surface area contributed by atoms with E-state index in [0.717, 1.165) is 5.75 Å². The van der Waals surface area contributed by atoms with Crippen LogP contribution in [0.2, 0.25) is 0 Å². The predicted octanol–water partition coefficient (Wildman–Crippen LogP) is 1.67. The zero-order valence-electron chi connectivity index (χ0n) is 7.62. The minimum Gasteiger partial charge on any atom is -0.358 e. The number of carbonyl (C=O) groups is 1. The van der Waals surface area contributed by atoms with Crippen molar-refractivity contribution in [1.29, 1.82) is 0 Å². The minimum atomic E-state index is 0.0842. The molecule has 0 saturated carbocycles. The second-order valence-electron chi connectivity index (χ2n) is 2.65. The van der Waals surface area contributed by atoms with Gasteiger partial charge in [0.15, 0.2) is 0 Å². The second kappa shape index (κ2) is 5.65. The van der Waals surface area contributed by atoms with Gasteiger partial charge in [-0.25, -0.2) is 0 Å². The number of hydrogen-bond acceptors (Lipinski definition) is 2. The summed E-state index contributed by atoms with van der Waals surface area (Å²) < 4.78 is 0. The zero-order chi connectivity index (χ0) is 9.52. The van der Waals surface area contributed by atoms with Crippen LogP contribution in [0.15, 0.2) is 30.3 Å². The molecule has 2 nitrogen and oxygen atoms in total. The summed E-state index contributed by atoms with van der Waals surface area (Å²) in [6.07, 6.45) is 0. The van der Waals surface area contributed by atoms with Crippen LogP contribution in [0.1, 0.15) is 5.56 Å². The molecule has 1 aromatic rings. The Morgan fingerprint density at radius 3 is 2.69 bits per heavy atom. The Kier molecular flexibility index (Phi) is 4.40. The number of nitrogens with one attached hydrogen (secondary N) is 1. The molecule has 70 valence electrons. The van der Waals surface area contributed by atoms with Gasteiger partial charge in [-0.3, -0.25) is 4.79 Å². The van der Waals surface area contributed by atoms with E-state index in [1.54, 1.807) is 18.8 Å². The first kappa shape index (κ1) is 10.1. The van der Waals surface area contributed by atoms with Crippen LogP contribution in [0.4, 0.5) is 0 Å². The van der Waals surface area contributed by atoms with Crippen LogP contribution in [0, 0.1) is 0 Å². The van der Waals surface area contributed by atoms with E-state index >= 15 is 0 Å². The first-order chi connectivity index (χ1) is 6.33. The zero-order valence-corrected chi connectivity index (χ0v) is 8.43. The molecule has 1 N–H and O–H groups in total. The highest BCUT2D eigenvalue weighted by atomic mass is 32.2. The quantitative estimate of drug-likeness (QED) is 0.791. The second-order valence-corrected chi connectivity index (χ2v) is 3.64. The molecule has 0 aromatic heterocycles. The lowest BCUT2D eigenvalue weighted by molar-refractivity contribution is -0.118. The van der Waals surface area contributed by atoms with Crippen molar-refractivity contribution in [2.45, 2.75) is 5.75 Å². The average Bonchev–Trinajstić information content (AvgIpc) is 2.19. The number of benzene rings is 1. The largest absolute Gasteiger partial charge is 0.358 e. The highest BCUT2D eigenvalue weighted by molar-refractivity contribution is 7.99. The van der Waals surface area contributed by atoms with Gasteiger partial charge in [0.25, 0.3) is 0 Å². The Bertz CT molecular complexity index is 261. The summed E-state index contributed by atoms with van der Waals surface area (Å²) in [4.78, 5) is 10.9. The summed E-state index contributed by atoms with van der Waals surface area (Å²) in [7, 11) is 1.66. The van der Waals surface area contributed by atoms with Gasteiger partial charge < -0.3 is 5.32 Å². The van der Waals surface area contributed by atoms with Gasteiger partial charge in [-0.1, -0.05) is 30.3 Å². The fourth-order valence-electron chi connectivity index (χ4n) is 0.908. The van der Waals surface area contributed by atoms with Crippen molar-refractivity contribution in [3.05, 3.63) is 35.9 Å². The van der Waals surface area contributed by atoms with Crippen LogP contribution in [0.3, 0.4) is 0 Å². The Balaban J connectivity index is 2.24. The van der Waals surface area contributed by atoms with Crippen molar-refractivity contribution >= 4 is 17.7 Å². The van der Waals surface area contributed by atoms with Crippen LogP contribution in [0.25, 0.3) is 0 Å². The highest BCUT2D eigenvalue weighted by Crippen LogP contribution is 2.10. The SMILES string of the molecule is CNC(=O)CSCc1ccccc1. The van der Waals surface area contributed by atoms with E-state index in [-0.39, 0.29) is 5.91 Å². The van der Waals surface area contributed by atoms with Gasteiger partial charge in [0.1, 0.15) is 0 Å². The standard InChI is InChI=1S/C10H13NOS/c1-11-10(12)8-13-7-9-5-3-2-4-6-9/h2-6H,7-8H2,1H3,(H,11,12). The van der Waals surface area contributed by atoms with Gasteiger partial charge >= 0.3 is 0 Å². The molecule has 3 heteroatoms. The summed E-state index contributed by atoms with van der Waals surface area (Å²) in [6, 6.07) is 10.1. The summed E-state index contributed by atoms with van der Waals surface area (Å²) >= 11 is 1.63. The number of amides is 1. The lowest BCUT2D eigenvalue weighted by Crippen LogP contribution is -2.19. The lowest BCUT2D eigenvalue weighted by atomic mass is 10.2. The molecule has 0 aliphatic carbocycles. The Labute approximate surface area is 82.7 Å². The van der Waals surface area contributed by atoms with Crippen LogP contribution in [-0.4, -0.2) is 18.7 Å². The molecule has 0 spiro atoms. The van der Waals surface area contributed by atoms with Gasteiger partial charge in [-0.2, -0.15) is 0 Å². The third-order valence-electron chi connectivity index (χ3n) is 1.62. The Morgan fingerprint density at radius 2 is 2.08 bits per heavy atom. The van der Waals surface area contributed by atoms with Crippen molar-refractivity contribution in [1.82, 2.24) is 5.32 Å². The molecule has 0 unspecified atom stereocenters. The van der Waals surface area contributed by atoms with Crippen molar-refractivity contribution in [2.24, 2.45) is 0 Å². The summed E-state index contributed by atoms with van der Waals surface area (Å²) in [5, 5.41) is 2.59. The third kappa shape index (κ3) is 3.99. The van der Waals surface area contributed by atoms with Crippen LogP contribution < -0.4 is 5.32 Å². The normalized spacial score (nSPS) is 9.62. The lowest BCUT2D eigenvalue weighted by Gasteiger charge is -2.00. The molecule has 0 aliphatic heterocycles. The minimum absolute atomic E-state index is 0.0842. The molecule has 0 saturated heterocycles. The van der Waals surface area contributed by atoms with Crippen molar-refractivity contribution in [2.75, 3.05) is 12.8 Å². The van der Waals surface area contributed by atoms with Gasteiger partial charge in [0.05, 0.1) is 5.75 Å². The van der Waals surface area contributed by atoms with Gasteiger partial charge in [-0.05, 0) is 5.56 Å². The number of rotatable bonds is 4. The van der Waals surface area contributed by atoms with Crippen molar-refractivity contribution < 1.29 is 4.79 Å². The van der Waals surface area contributed by atoms with E-state index in [0.29, 0.717) is 5.75 Å². The monoisotopic (exact) mass is 195 g/mol. The molecule has 0 atom stereocenters. The van der Waals surface area contributed by atoms with Crippen LogP contribution >= 0.6 is 11.8 Å². The molecule has 13 heavy (non-hydrogen) atoms. The molecule has 0 radical (unpaired) electrons. The van der Waals surface area contributed by atoms with Crippen molar-refractivity contribution in [3.8, 4) is 0 Å². The first-order valence-corrected chi connectivity index (χ1v) is 5.30. The number of carbonyl (C=O) groups excluding carboxylic acids is 1. The molecule has 0 bridgehead atoms. The average molecular weight is 195 g/mol. The summed E-state index contributed by atoms with van der Waals surface area (Å²) in [6.45, 7) is 0. The molecule has 1 aromatic carbocycles. The first-order valence-electron chi connectivity index (χ1n) is 4.15. The maximum absolute atomic E-state index is 10.9. The van der Waals surface area contributed by atoms with E-state index in [1.165, 1.54) is 5.56 Å². The van der Waals surface area contributed by atoms with E-state index in [1.807, 2.05) is 18.2 Å². The predicted molar refractivity (Wildman–Crippen MR) is 56.7 cm³/mol. The summed E-state index contributed by atoms with van der Waals surface area (Å²) in [5.41, 5.74) is 1.26. The topological polar surface area (TPSA) is 29.1 Å². The molecule has 1 rings (SSSR count). The molecule has 0 fully saturated rings. The smallest absolute Gasteiger partial charge is 0.229 e. The molecule has 0 heterocycles. The van der Waals surface area contributed by atoms with Gasteiger partial charge in [0.2, 0.25) is 5.91 Å². The maximum Gasteiger partial charge on any atom is 0.229 e. The number of thioether (sulfide) groups is 1. The van der Waals surface area contributed by atoms with E-state index in [9.17, 15) is 4.79 Å². The van der Waals surface area contributed by atoms with Crippen molar-refractivity contribution in [3.63, 3.8) is 0 Å². The van der Waals surface area contributed by atoms with Gasteiger partial charge in [-0.15, -0.1) is 11.8 Å². The fourth-order valence-corrected chi connectivity index (χ4v) is 1.77. The Morgan fingerprint density at radius 1 is 1.38 bits per heavy atom.